The molecule has 1 fully saturated rings. The predicted octanol–water partition coefficient (Wildman–Crippen LogP) is 3.82. The van der Waals surface area contributed by atoms with Gasteiger partial charge in [-0.05, 0) is 30.5 Å². The highest BCUT2D eigenvalue weighted by molar-refractivity contribution is 6.45. The monoisotopic (exact) mass is 458 g/mol. The minimum atomic E-state index is -0.370. The highest BCUT2D eigenvalue weighted by Crippen LogP contribution is 2.32. The third-order valence-corrected chi connectivity index (χ3v) is 6.13. The average molecular weight is 459 g/mol. The normalized spacial score (nSPS) is 17.9. The lowest BCUT2D eigenvalue weighted by molar-refractivity contribution is -0.110. The van der Waals surface area contributed by atoms with E-state index < -0.39 is 0 Å². The Bertz CT molecular complexity index is 1250. The van der Waals surface area contributed by atoms with Crippen LogP contribution in [-0.4, -0.2) is 40.5 Å². The van der Waals surface area contributed by atoms with Crippen molar-refractivity contribution >= 4 is 28.7 Å². The number of hydrogen-bond acceptors (Lipinski definition) is 5. The summed E-state index contributed by atoms with van der Waals surface area (Å²) >= 11 is 0. The SMILES string of the molecule is N[C@@H]1CCCN(c2c(F)cccc2NC(=O)C2=NC(c3cnn(Cc4ccccc4)c3)=CC2)C1. The fourth-order valence-electron chi connectivity index (χ4n) is 4.45. The number of aromatic nitrogens is 2. The molecule has 1 atom stereocenters. The third-order valence-electron chi connectivity index (χ3n) is 6.13. The number of carbonyl (C=O) groups excluding carboxylic acids is 1. The van der Waals surface area contributed by atoms with Crippen LogP contribution in [0.5, 0.6) is 0 Å². The number of nitrogens with two attached hydrogens (primary N) is 1. The quantitative estimate of drug-likeness (QED) is 0.588. The molecule has 0 aliphatic carbocycles. The zero-order chi connectivity index (χ0) is 23.5. The van der Waals surface area contributed by atoms with Gasteiger partial charge in [0.15, 0.2) is 0 Å². The van der Waals surface area contributed by atoms with Crippen LogP contribution in [0.3, 0.4) is 0 Å². The molecule has 5 rings (SSSR count). The van der Waals surface area contributed by atoms with Gasteiger partial charge in [-0.2, -0.15) is 5.10 Å². The van der Waals surface area contributed by atoms with E-state index in [1.165, 1.54) is 6.07 Å². The molecule has 1 saturated heterocycles. The molecule has 3 aromatic rings. The Morgan fingerprint density at radius 1 is 1.18 bits per heavy atom. The lowest BCUT2D eigenvalue weighted by atomic mass is 10.1. The van der Waals surface area contributed by atoms with Crippen LogP contribution in [0.4, 0.5) is 15.8 Å². The minimum Gasteiger partial charge on any atom is -0.366 e. The highest BCUT2D eigenvalue weighted by Gasteiger charge is 2.25. The molecule has 2 aromatic carbocycles. The maximum absolute atomic E-state index is 14.7. The largest absolute Gasteiger partial charge is 0.366 e. The van der Waals surface area contributed by atoms with Gasteiger partial charge in [-0.25, -0.2) is 9.38 Å². The molecule has 3 heterocycles. The standard InChI is InChI=1S/C26H27FN6O/c27-21-9-4-10-23(25(21)32-13-5-8-20(28)17-32)31-26(34)24-12-11-22(30-24)19-14-29-33(16-19)15-18-6-2-1-3-7-18/h1-4,6-7,9-11,14,16,20H,5,8,12-13,15,17,28H2,(H,31,34)/t20-/m1/s1. The van der Waals surface area contributed by atoms with E-state index in [1.807, 2.05) is 40.1 Å². The van der Waals surface area contributed by atoms with Gasteiger partial charge in [0.1, 0.15) is 11.5 Å². The van der Waals surface area contributed by atoms with Crippen LogP contribution < -0.4 is 16.0 Å². The molecule has 174 valence electrons. The zero-order valence-corrected chi connectivity index (χ0v) is 18.8. The maximum Gasteiger partial charge on any atom is 0.270 e. The molecule has 2 aliphatic rings. The summed E-state index contributed by atoms with van der Waals surface area (Å²) in [6, 6.07) is 14.8. The van der Waals surface area contributed by atoms with E-state index in [4.69, 9.17) is 5.73 Å². The molecule has 0 spiro atoms. The number of rotatable bonds is 6. The van der Waals surface area contributed by atoms with Crippen molar-refractivity contribution in [2.24, 2.45) is 10.7 Å². The van der Waals surface area contributed by atoms with Gasteiger partial charge in [-0.3, -0.25) is 9.48 Å². The number of amides is 1. The van der Waals surface area contributed by atoms with Crippen molar-refractivity contribution in [3.05, 3.63) is 83.9 Å². The van der Waals surface area contributed by atoms with Crippen LogP contribution in [-0.2, 0) is 11.3 Å². The molecule has 0 saturated carbocycles. The van der Waals surface area contributed by atoms with Gasteiger partial charge >= 0.3 is 0 Å². The number of allylic oxidation sites excluding steroid dienone is 1. The van der Waals surface area contributed by atoms with Gasteiger partial charge in [-0.1, -0.05) is 42.5 Å². The van der Waals surface area contributed by atoms with Gasteiger partial charge in [0.05, 0.1) is 29.8 Å². The average Bonchev–Trinajstić information content (AvgIpc) is 3.50. The van der Waals surface area contributed by atoms with Crippen molar-refractivity contribution in [3.8, 4) is 0 Å². The van der Waals surface area contributed by atoms with Gasteiger partial charge in [0.25, 0.3) is 5.91 Å². The number of piperidine rings is 1. The fraction of sp³-hybridized carbons (Fsp3) is 0.269. The molecule has 0 radical (unpaired) electrons. The van der Waals surface area contributed by atoms with E-state index in [0.29, 0.717) is 48.8 Å². The van der Waals surface area contributed by atoms with Crippen LogP contribution in [0.25, 0.3) is 5.70 Å². The second-order valence-corrected chi connectivity index (χ2v) is 8.70. The molecule has 0 bridgehead atoms. The summed E-state index contributed by atoms with van der Waals surface area (Å²) in [5.41, 5.74) is 10.0. The highest BCUT2D eigenvalue weighted by atomic mass is 19.1. The molecule has 2 aliphatic heterocycles. The number of nitrogens with one attached hydrogen (secondary N) is 1. The van der Waals surface area contributed by atoms with E-state index >= 15 is 0 Å². The summed E-state index contributed by atoms with van der Waals surface area (Å²) in [4.78, 5) is 19.4. The number of nitrogens with zero attached hydrogens (tertiary/aromatic N) is 4. The summed E-state index contributed by atoms with van der Waals surface area (Å²) in [6.07, 6.45) is 7.80. The Kier molecular flexibility index (Phi) is 6.22. The zero-order valence-electron chi connectivity index (χ0n) is 18.8. The topological polar surface area (TPSA) is 88.5 Å². The van der Waals surface area contributed by atoms with E-state index in [2.05, 4.69) is 27.5 Å². The van der Waals surface area contributed by atoms with Crippen molar-refractivity contribution in [1.29, 1.82) is 0 Å². The Balaban J connectivity index is 1.29. The van der Waals surface area contributed by atoms with Crippen LogP contribution in [0.1, 0.15) is 30.4 Å². The number of anilines is 2. The summed E-state index contributed by atoms with van der Waals surface area (Å²) in [5, 5.41) is 7.29. The predicted molar refractivity (Wildman–Crippen MR) is 132 cm³/mol. The van der Waals surface area contributed by atoms with Gasteiger partial charge in [0, 0.05) is 37.3 Å². The van der Waals surface area contributed by atoms with Gasteiger partial charge < -0.3 is 16.0 Å². The first-order valence-electron chi connectivity index (χ1n) is 11.5. The van der Waals surface area contributed by atoms with Crippen molar-refractivity contribution in [2.45, 2.75) is 31.8 Å². The summed E-state index contributed by atoms with van der Waals surface area (Å²) < 4.78 is 16.6. The minimum absolute atomic E-state index is 0.00863. The number of para-hydroxylation sites is 1. The van der Waals surface area contributed by atoms with Crippen molar-refractivity contribution in [1.82, 2.24) is 9.78 Å². The Morgan fingerprint density at radius 3 is 2.85 bits per heavy atom. The van der Waals surface area contributed by atoms with E-state index in [-0.39, 0.29) is 17.8 Å². The van der Waals surface area contributed by atoms with Crippen LogP contribution >= 0.6 is 0 Å². The van der Waals surface area contributed by atoms with Crippen LogP contribution in [0.15, 0.2) is 72.0 Å². The second-order valence-electron chi connectivity index (χ2n) is 8.70. The molecule has 1 aromatic heterocycles. The number of hydrogen-bond donors (Lipinski definition) is 2. The molecule has 0 unspecified atom stereocenters. The first-order valence-corrected chi connectivity index (χ1v) is 11.5. The lowest BCUT2D eigenvalue weighted by Gasteiger charge is -2.34. The number of carbonyl (C=O) groups is 1. The lowest BCUT2D eigenvalue weighted by Crippen LogP contribution is -2.43. The molecule has 7 nitrogen and oxygen atoms in total. The second kappa shape index (κ2) is 9.61. The van der Waals surface area contributed by atoms with Crippen molar-refractivity contribution in [3.63, 3.8) is 0 Å². The molecule has 3 N–H and O–H groups in total. The van der Waals surface area contributed by atoms with E-state index in [1.54, 1.807) is 18.3 Å². The van der Waals surface area contributed by atoms with Crippen LogP contribution in [0, 0.1) is 5.82 Å². The van der Waals surface area contributed by atoms with Gasteiger partial charge in [-0.15, -0.1) is 0 Å². The molecular weight excluding hydrogens is 431 g/mol. The smallest absolute Gasteiger partial charge is 0.270 e. The Morgan fingerprint density at radius 2 is 2.03 bits per heavy atom. The number of halogens is 1. The number of benzene rings is 2. The fourth-order valence-corrected chi connectivity index (χ4v) is 4.45. The Hall–Kier alpha value is -3.78. The van der Waals surface area contributed by atoms with E-state index in [0.717, 1.165) is 24.0 Å². The Labute approximate surface area is 197 Å². The van der Waals surface area contributed by atoms with E-state index in [9.17, 15) is 9.18 Å². The van der Waals surface area contributed by atoms with Crippen LogP contribution in [0.2, 0.25) is 0 Å². The summed E-state index contributed by atoms with van der Waals surface area (Å²) in [6.45, 7) is 1.92. The number of aliphatic imine (C=N–C) groups is 1. The van der Waals surface area contributed by atoms with Gasteiger partial charge in [0.2, 0.25) is 0 Å². The van der Waals surface area contributed by atoms with Crippen molar-refractivity contribution in [2.75, 3.05) is 23.3 Å². The summed E-state index contributed by atoms with van der Waals surface area (Å²) in [5.74, 6) is -0.707. The molecule has 1 amide bonds. The summed E-state index contributed by atoms with van der Waals surface area (Å²) in [7, 11) is 0. The molecular formula is C26H27FN6O. The molecule has 8 heteroatoms. The first-order chi connectivity index (χ1) is 16.6. The molecule has 34 heavy (non-hydrogen) atoms. The maximum atomic E-state index is 14.7. The third kappa shape index (κ3) is 4.77. The first kappa shape index (κ1) is 22.0. The van der Waals surface area contributed by atoms with Crippen molar-refractivity contribution < 1.29 is 9.18 Å².